The number of rotatable bonds is 6. The molecule has 0 radical (unpaired) electrons. The Kier molecular flexibility index (Phi) is 5.28. The number of hydrogen-bond donors (Lipinski definition) is 2. The molecular weight excluding hydrogens is 256 g/mol. The van der Waals surface area contributed by atoms with E-state index in [1.807, 2.05) is 25.2 Å². The van der Waals surface area contributed by atoms with Crippen molar-refractivity contribution in [3.63, 3.8) is 0 Å². The SMILES string of the molecule is CNCCNC(=O)C1(Sc2ccccc2)CCCC1. The second-order valence-electron chi connectivity index (χ2n) is 4.98. The van der Waals surface area contributed by atoms with Crippen LogP contribution < -0.4 is 10.6 Å². The van der Waals surface area contributed by atoms with Gasteiger partial charge >= 0.3 is 0 Å². The number of carbonyl (C=O) groups excluding carboxylic acids is 1. The van der Waals surface area contributed by atoms with E-state index in [4.69, 9.17) is 0 Å². The second kappa shape index (κ2) is 6.96. The predicted octanol–water partition coefficient (Wildman–Crippen LogP) is 2.43. The zero-order valence-corrected chi connectivity index (χ0v) is 12.3. The van der Waals surface area contributed by atoms with Gasteiger partial charge in [-0.05, 0) is 32.0 Å². The summed E-state index contributed by atoms with van der Waals surface area (Å²) in [5.41, 5.74) is 0. The maximum Gasteiger partial charge on any atom is 0.236 e. The van der Waals surface area contributed by atoms with E-state index < -0.39 is 0 Å². The Labute approximate surface area is 119 Å². The van der Waals surface area contributed by atoms with Gasteiger partial charge in [0.1, 0.15) is 0 Å². The molecule has 2 N–H and O–H groups in total. The Morgan fingerprint density at radius 3 is 2.53 bits per heavy atom. The van der Waals surface area contributed by atoms with Crippen molar-refractivity contribution in [1.29, 1.82) is 0 Å². The molecule has 0 saturated heterocycles. The molecule has 3 nitrogen and oxygen atoms in total. The van der Waals surface area contributed by atoms with Crippen molar-refractivity contribution in [3.8, 4) is 0 Å². The molecule has 0 heterocycles. The highest BCUT2D eigenvalue weighted by Crippen LogP contribution is 2.45. The first kappa shape index (κ1) is 14.4. The second-order valence-corrected chi connectivity index (χ2v) is 6.43. The minimum atomic E-state index is -0.255. The summed E-state index contributed by atoms with van der Waals surface area (Å²) in [5, 5.41) is 6.12. The first-order valence-electron chi connectivity index (χ1n) is 6.94. The van der Waals surface area contributed by atoms with Crippen LogP contribution in [0.1, 0.15) is 25.7 Å². The lowest BCUT2D eigenvalue weighted by Gasteiger charge is -2.27. The first-order chi connectivity index (χ1) is 9.27. The lowest BCUT2D eigenvalue weighted by atomic mass is 10.1. The molecule has 1 fully saturated rings. The zero-order chi connectivity index (χ0) is 13.6. The molecule has 19 heavy (non-hydrogen) atoms. The van der Waals surface area contributed by atoms with Gasteiger partial charge in [-0.25, -0.2) is 0 Å². The minimum Gasteiger partial charge on any atom is -0.354 e. The quantitative estimate of drug-likeness (QED) is 0.785. The predicted molar refractivity (Wildman–Crippen MR) is 80.4 cm³/mol. The van der Waals surface area contributed by atoms with Crippen LogP contribution in [0.15, 0.2) is 35.2 Å². The Morgan fingerprint density at radius 1 is 1.21 bits per heavy atom. The van der Waals surface area contributed by atoms with Crippen molar-refractivity contribution in [1.82, 2.24) is 10.6 Å². The van der Waals surface area contributed by atoms with E-state index in [0.717, 1.165) is 32.2 Å². The molecule has 1 aromatic rings. The molecule has 1 aliphatic rings. The Hall–Kier alpha value is -1.00. The summed E-state index contributed by atoms with van der Waals surface area (Å²) in [6.45, 7) is 1.52. The average molecular weight is 278 g/mol. The Bertz CT molecular complexity index is 402. The van der Waals surface area contributed by atoms with Gasteiger partial charge in [-0.1, -0.05) is 31.0 Å². The molecule has 0 bridgehead atoms. The highest BCUT2D eigenvalue weighted by molar-refractivity contribution is 8.01. The standard InChI is InChI=1S/C15H22N2OS/c1-16-11-12-17-14(18)15(9-5-6-10-15)19-13-7-3-2-4-8-13/h2-4,7-8,16H,5-6,9-12H2,1H3,(H,17,18). The van der Waals surface area contributed by atoms with E-state index in [0.29, 0.717) is 6.54 Å². The van der Waals surface area contributed by atoms with Crippen LogP contribution in [0.25, 0.3) is 0 Å². The van der Waals surface area contributed by atoms with Gasteiger partial charge in [0.15, 0.2) is 0 Å². The van der Waals surface area contributed by atoms with Gasteiger partial charge in [0.05, 0.1) is 4.75 Å². The number of amides is 1. The van der Waals surface area contributed by atoms with Gasteiger partial charge in [0, 0.05) is 18.0 Å². The van der Waals surface area contributed by atoms with Crippen molar-refractivity contribution in [2.75, 3.05) is 20.1 Å². The van der Waals surface area contributed by atoms with E-state index in [1.54, 1.807) is 11.8 Å². The van der Waals surface area contributed by atoms with Crippen molar-refractivity contribution >= 4 is 17.7 Å². The fourth-order valence-corrected chi connectivity index (χ4v) is 3.90. The molecule has 0 aliphatic heterocycles. The van der Waals surface area contributed by atoms with Crippen LogP contribution >= 0.6 is 11.8 Å². The van der Waals surface area contributed by atoms with Gasteiger partial charge in [-0.2, -0.15) is 0 Å². The number of hydrogen-bond acceptors (Lipinski definition) is 3. The monoisotopic (exact) mass is 278 g/mol. The normalized spacial score (nSPS) is 17.3. The topological polar surface area (TPSA) is 41.1 Å². The van der Waals surface area contributed by atoms with Crippen molar-refractivity contribution in [2.45, 2.75) is 35.3 Å². The zero-order valence-electron chi connectivity index (χ0n) is 11.4. The van der Waals surface area contributed by atoms with Gasteiger partial charge in [-0.15, -0.1) is 11.8 Å². The van der Waals surface area contributed by atoms with E-state index >= 15 is 0 Å². The number of benzene rings is 1. The van der Waals surface area contributed by atoms with Crippen LogP contribution in [0.5, 0.6) is 0 Å². The number of thioether (sulfide) groups is 1. The fraction of sp³-hybridized carbons (Fsp3) is 0.533. The molecule has 104 valence electrons. The third kappa shape index (κ3) is 3.74. The van der Waals surface area contributed by atoms with Crippen molar-refractivity contribution in [2.24, 2.45) is 0 Å². The molecule has 1 amide bonds. The van der Waals surface area contributed by atoms with E-state index in [9.17, 15) is 4.79 Å². The van der Waals surface area contributed by atoms with Crippen LogP contribution in [0.4, 0.5) is 0 Å². The lowest BCUT2D eigenvalue weighted by molar-refractivity contribution is -0.123. The molecule has 0 aromatic heterocycles. The summed E-state index contributed by atoms with van der Waals surface area (Å²) in [5.74, 6) is 0.203. The summed E-state index contributed by atoms with van der Waals surface area (Å²) in [6.07, 6.45) is 4.27. The Morgan fingerprint density at radius 2 is 1.89 bits per heavy atom. The molecular formula is C15H22N2OS. The molecule has 1 aliphatic carbocycles. The van der Waals surface area contributed by atoms with Crippen LogP contribution in [-0.2, 0) is 4.79 Å². The van der Waals surface area contributed by atoms with Gasteiger partial charge in [-0.3, -0.25) is 4.79 Å². The van der Waals surface area contributed by atoms with Gasteiger partial charge in [0.25, 0.3) is 0 Å². The molecule has 2 rings (SSSR count). The van der Waals surface area contributed by atoms with E-state index in [2.05, 4.69) is 22.8 Å². The highest BCUT2D eigenvalue weighted by Gasteiger charge is 2.41. The summed E-state index contributed by atoms with van der Waals surface area (Å²) in [7, 11) is 1.90. The van der Waals surface area contributed by atoms with Gasteiger partial charge in [0.2, 0.25) is 5.91 Å². The third-order valence-corrected chi connectivity index (χ3v) is 5.03. The first-order valence-corrected chi connectivity index (χ1v) is 7.75. The van der Waals surface area contributed by atoms with Gasteiger partial charge < -0.3 is 10.6 Å². The molecule has 0 unspecified atom stereocenters. The van der Waals surface area contributed by atoms with Crippen LogP contribution in [-0.4, -0.2) is 30.8 Å². The largest absolute Gasteiger partial charge is 0.354 e. The minimum absolute atomic E-state index is 0.203. The third-order valence-electron chi connectivity index (χ3n) is 3.54. The molecule has 4 heteroatoms. The van der Waals surface area contributed by atoms with E-state index in [-0.39, 0.29) is 10.7 Å². The highest BCUT2D eigenvalue weighted by atomic mass is 32.2. The summed E-state index contributed by atoms with van der Waals surface area (Å²) in [4.78, 5) is 13.7. The smallest absolute Gasteiger partial charge is 0.236 e. The van der Waals surface area contributed by atoms with E-state index in [1.165, 1.54) is 4.90 Å². The number of likely N-dealkylation sites (N-methyl/N-ethyl adjacent to an activating group) is 1. The van der Waals surface area contributed by atoms with Crippen LogP contribution in [0.3, 0.4) is 0 Å². The van der Waals surface area contributed by atoms with Crippen molar-refractivity contribution in [3.05, 3.63) is 30.3 Å². The average Bonchev–Trinajstić information content (AvgIpc) is 2.90. The summed E-state index contributed by atoms with van der Waals surface area (Å²) < 4.78 is -0.255. The summed E-state index contributed by atoms with van der Waals surface area (Å²) in [6, 6.07) is 10.3. The molecule has 1 aromatic carbocycles. The number of carbonyl (C=O) groups is 1. The number of nitrogens with one attached hydrogen (secondary N) is 2. The maximum atomic E-state index is 12.5. The molecule has 0 spiro atoms. The molecule has 0 atom stereocenters. The Balaban J connectivity index is 2.03. The fourth-order valence-electron chi connectivity index (χ4n) is 2.50. The summed E-state index contributed by atoms with van der Waals surface area (Å²) >= 11 is 1.73. The molecule has 1 saturated carbocycles. The maximum absolute atomic E-state index is 12.5. The van der Waals surface area contributed by atoms with Crippen molar-refractivity contribution < 1.29 is 4.79 Å². The van der Waals surface area contributed by atoms with Crippen LogP contribution in [0, 0.1) is 0 Å². The lowest BCUT2D eigenvalue weighted by Crippen LogP contribution is -2.44. The van der Waals surface area contributed by atoms with Crippen LogP contribution in [0.2, 0.25) is 0 Å².